The van der Waals surface area contributed by atoms with Gasteiger partial charge >= 0.3 is 5.97 Å². The molecule has 1 aromatic heterocycles. The van der Waals surface area contributed by atoms with Gasteiger partial charge in [-0.3, -0.25) is 0 Å². The maximum Gasteiger partial charge on any atom is 0.371 e. The minimum atomic E-state index is -1.03. The summed E-state index contributed by atoms with van der Waals surface area (Å²) in [5.74, 6) is -0.629. The van der Waals surface area contributed by atoms with Gasteiger partial charge in [0.1, 0.15) is 5.58 Å². The highest BCUT2D eigenvalue weighted by atomic mass is 16.4. The first-order chi connectivity index (χ1) is 7.08. The van der Waals surface area contributed by atoms with Gasteiger partial charge in [-0.15, -0.1) is 0 Å². The zero-order valence-corrected chi connectivity index (χ0v) is 8.65. The van der Waals surface area contributed by atoms with Crippen molar-refractivity contribution in [3.63, 3.8) is 0 Å². The maximum atomic E-state index is 10.7. The molecule has 0 radical (unpaired) electrons. The van der Waals surface area contributed by atoms with Crippen molar-refractivity contribution in [3.8, 4) is 0 Å². The molecule has 78 valence electrons. The van der Waals surface area contributed by atoms with Crippen LogP contribution in [0.4, 0.5) is 0 Å². The predicted octanol–water partition coefficient (Wildman–Crippen LogP) is 3.25. The number of aromatic carboxylic acids is 1. The van der Waals surface area contributed by atoms with E-state index in [-0.39, 0.29) is 5.76 Å². The minimum Gasteiger partial charge on any atom is -0.475 e. The Labute approximate surface area is 87.3 Å². The molecule has 0 spiro atoms. The van der Waals surface area contributed by atoms with Gasteiger partial charge in [0.25, 0.3) is 0 Å². The second kappa shape index (κ2) is 3.42. The molecule has 0 aliphatic heterocycles. The van der Waals surface area contributed by atoms with E-state index in [9.17, 15) is 4.79 Å². The Bertz CT molecular complexity index is 509. The van der Waals surface area contributed by atoms with Crippen LogP contribution in [0.5, 0.6) is 0 Å². The molecule has 0 unspecified atom stereocenters. The number of carboxylic acids is 1. The number of carboxylic acid groups (broad SMARTS) is 1. The summed E-state index contributed by atoms with van der Waals surface area (Å²) in [5.41, 5.74) is 1.78. The Morgan fingerprint density at radius 3 is 2.67 bits per heavy atom. The number of hydrogen-bond donors (Lipinski definition) is 1. The van der Waals surface area contributed by atoms with E-state index in [1.807, 2.05) is 18.2 Å². The molecule has 0 saturated carbocycles. The molecule has 0 aliphatic rings. The molecule has 3 nitrogen and oxygen atoms in total. The van der Waals surface area contributed by atoms with Crippen LogP contribution < -0.4 is 0 Å². The van der Waals surface area contributed by atoms with Gasteiger partial charge in [-0.05, 0) is 23.6 Å². The van der Waals surface area contributed by atoms with E-state index in [0.29, 0.717) is 11.5 Å². The Kier molecular flexibility index (Phi) is 2.23. The van der Waals surface area contributed by atoms with Gasteiger partial charge in [0.05, 0.1) is 0 Å². The average Bonchev–Trinajstić information content (AvgIpc) is 2.59. The van der Waals surface area contributed by atoms with E-state index < -0.39 is 5.97 Å². The molecule has 0 fully saturated rings. The standard InChI is InChI=1S/C12H12O3/c1-7(2)8-3-4-9-6-11(12(13)14)15-10(9)5-8/h3-7H,1-2H3,(H,13,14). The molecule has 15 heavy (non-hydrogen) atoms. The van der Waals surface area contributed by atoms with Gasteiger partial charge in [-0.2, -0.15) is 0 Å². The first kappa shape index (κ1) is 9.77. The van der Waals surface area contributed by atoms with Crippen LogP contribution in [0.3, 0.4) is 0 Å². The van der Waals surface area contributed by atoms with Gasteiger partial charge in [0, 0.05) is 5.39 Å². The lowest BCUT2D eigenvalue weighted by atomic mass is 10.0. The molecule has 1 heterocycles. The van der Waals surface area contributed by atoms with Gasteiger partial charge in [0.2, 0.25) is 5.76 Å². The molecule has 0 saturated heterocycles. The summed E-state index contributed by atoms with van der Waals surface area (Å²) in [4.78, 5) is 10.7. The normalized spacial score (nSPS) is 11.1. The van der Waals surface area contributed by atoms with Crippen LogP contribution in [0, 0.1) is 0 Å². The fourth-order valence-corrected chi connectivity index (χ4v) is 1.51. The van der Waals surface area contributed by atoms with Gasteiger partial charge in [0.15, 0.2) is 0 Å². The summed E-state index contributed by atoms with van der Waals surface area (Å²) in [5, 5.41) is 9.60. The number of benzene rings is 1. The lowest BCUT2D eigenvalue weighted by Crippen LogP contribution is -1.91. The summed E-state index contributed by atoms with van der Waals surface area (Å²) in [7, 11) is 0. The molecule has 3 heteroatoms. The van der Waals surface area contributed by atoms with Crippen LogP contribution >= 0.6 is 0 Å². The smallest absolute Gasteiger partial charge is 0.371 e. The van der Waals surface area contributed by atoms with Crippen LogP contribution in [0.1, 0.15) is 35.9 Å². The summed E-state index contributed by atoms with van der Waals surface area (Å²) in [6.07, 6.45) is 0. The van der Waals surface area contributed by atoms with Crippen molar-refractivity contribution in [1.29, 1.82) is 0 Å². The zero-order valence-electron chi connectivity index (χ0n) is 8.65. The van der Waals surface area contributed by atoms with E-state index >= 15 is 0 Å². The third-order valence-electron chi connectivity index (χ3n) is 2.42. The summed E-state index contributed by atoms with van der Waals surface area (Å²) in [6, 6.07) is 7.32. The van der Waals surface area contributed by atoms with Gasteiger partial charge < -0.3 is 9.52 Å². The number of fused-ring (bicyclic) bond motifs is 1. The van der Waals surface area contributed by atoms with Crippen LogP contribution in [-0.4, -0.2) is 11.1 Å². The number of furan rings is 1. The maximum absolute atomic E-state index is 10.7. The van der Waals surface area contributed by atoms with E-state index in [0.717, 1.165) is 10.9 Å². The quantitative estimate of drug-likeness (QED) is 0.816. The van der Waals surface area contributed by atoms with Crippen LogP contribution in [0.2, 0.25) is 0 Å². The van der Waals surface area contributed by atoms with Crippen molar-refractivity contribution in [2.45, 2.75) is 19.8 Å². The lowest BCUT2D eigenvalue weighted by Gasteiger charge is -2.03. The molecule has 0 bridgehead atoms. The molecule has 2 aromatic rings. The summed E-state index contributed by atoms with van der Waals surface area (Å²) in [6.45, 7) is 4.17. The first-order valence-corrected chi connectivity index (χ1v) is 4.84. The third-order valence-corrected chi connectivity index (χ3v) is 2.42. The molecule has 0 amide bonds. The fourth-order valence-electron chi connectivity index (χ4n) is 1.51. The van der Waals surface area contributed by atoms with Crippen molar-refractivity contribution >= 4 is 16.9 Å². The molecule has 2 rings (SSSR count). The largest absolute Gasteiger partial charge is 0.475 e. The summed E-state index contributed by atoms with van der Waals surface area (Å²) < 4.78 is 5.22. The van der Waals surface area contributed by atoms with Gasteiger partial charge in [-0.25, -0.2) is 4.79 Å². The van der Waals surface area contributed by atoms with Gasteiger partial charge in [-0.1, -0.05) is 26.0 Å². The number of rotatable bonds is 2. The molecular formula is C12H12O3. The molecular weight excluding hydrogens is 192 g/mol. The van der Waals surface area contributed by atoms with Crippen molar-refractivity contribution in [3.05, 3.63) is 35.6 Å². The predicted molar refractivity (Wildman–Crippen MR) is 57.3 cm³/mol. The zero-order chi connectivity index (χ0) is 11.0. The number of carbonyl (C=O) groups is 1. The van der Waals surface area contributed by atoms with Crippen LogP contribution in [0.15, 0.2) is 28.7 Å². The minimum absolute atomic E-state index is 0.00842. The Morgan fingerprint density at radius 2 is 2.07 bits per heavy atom. The second-order valence-corrected chi connectivity index (χ2v) is 3.87. The Morgan fingerprint density at radius 1 is 1.33 bits per heavy atom. The fraction of sp³-hybridized carbons (Fsp3) is 0.250. The first-order valence-electron chi connectivity index (χ1n) is 4.84. The van der Waals surface area contributed by atoms with Crippen molar-refractivity contribution in [2.24, 2.45) is 0 Å². The van der Waals surface area contributed by atoms with E-state index in [1.54, 1.807) is 6.07 Å². The van der Waals surface area contributed by atoms with E-state index in [1.165, 1.54) is 0 Å². The highest BCUT2D eigenvalue weighted by Crippen LogP contribution is 2.24. The molecule has 0 aliphatic carbocycles. The monoisotopic (exact) mass is 204 g/mol. The lowest BCUT2D eigenvalue weighted by molar-refractivity contribution is 0.0665. The highest BCUT2D eigenvalue weighted by molar-refractivity contribution is 5.91. The average molecular weight is 204 g/mol. The van der Waals surface area contributed by atoms with Crippen LogP contribution in [-0.2, 0) is 0 Å². The Hall–Kier alpha value is -1.77. The van der Waals surface area contributed by atoms with Crippen molar-refractivity contribution in [1.82, 2.24) is 0 Å². The van der Waals surface area contributed by atoms with Crippen molar-refractivity contribution in [2.75, 3.05) is 0 Å². The van der Waals surface area contributed by atoms with E-state index in [2.05, 4.69) is 13.8 Å². The molecule has 1 aromatic carbocycles. The van der Waals surface area contributed by atoms with Crippen LogP contribution in [0.25, 0.3) is 11.0 Å². The molecule has 0 atom stereocenters. The Balaban J connectivity index is 2.57. The second-order valence-electron chi connectivity index (χ2n) is 3.87. The van der Waals surface area contributed by atoms with E-state index in [4.69, 9.17) is 9.52 Å². The highest BCUT2D eigenvalue weighted by Gasteiger charge is 2.11. The van der Waals surface area contributed by atoms with Crippen molar-refractivity contribution < 1.29 is 14.3 Å². The SMILES string of the molecule is CC(C)c1ccc2cc(C(=O)O)oc2c1. The number of hydrogen-bond acceptors (Lipinski definition) is 2. The third kappa shape index (κ3) is 1.73. The topological polar surface area (TPSA) is 50.4 Å². The molecule has 1 N–H and O–H groups in total. The summed E-state index contributed by atoms with van der Waals surface area (Å²) >= 11 is 0.